The topological polar surface area (TPSA) is 100 Å². The van der Waals surface area contributed by atoms with Crippen LogP contribution in [0.2, 0.25) is 0 Å². The highest BCUT2D eigenvalue weighted by Crippen LogP contribution is 2.36. The summed E-state index contributed by atoms with van der Waals surface area (Å²) in [5, 5.41) is 13.2. The Kier molecular flexibility index (Phi) is 4.36. The zero-order chi connectivity index (χ0) is 19.0. The molecule has 4 rings (SSSR count). The predicted octanol–water partition coefficient (Wildman–Crippen LogP) is 3.70. The first-order valence-corrected chi connectivity index (χ1v) is 9.16. The van der Waals surface area contributed by atoms with Crippen molar-refractivity contribution in [2.75, 3.05) is 16.8 Å². The number of benzene rings is 1. The molecule has 27 heavy (non-hydrogen) atoms. The molecule has 1 amide bonds. The molecule has 0 aliphatic carbocycles. The zero-order valence-electron chi connectivity index (χ0n) is 14.7. The van der Waals surface area contributed by atoms with Gasteiger partial charge >= 0.3 is 6.09 Å². The minimum atomic E-state index is -0.378. The number of phenolic OH excluding ortho intramolecular Hbond substituents is 1. The summed E-state index contributed by atoms with van der Waals surface area (Å²) in [7, 11) is 0. The van der Waals surface area contributed by atoms with Crippen molar-refractivity contribution in [1.82, 2.24) is 15.0 Å². The van der Waals surface area contributed by atoms with Crippen molar-refractivity contribution < 1.29 is 14.6 Å². The Morgan fingerprint density at radius 1 is 1.33 bits per heavy atom. The molecule has 1 unspecified atom stereocenters. The van der Waals surface area contributed by atoms with Gasteiger partial charge in [0.05, 0.1) is 22.3 Å². The second-order valence-corrected chi connectivity index (χ2v) is 7.13. The molecule has 2 aromatic heterocycles. The smallest absolute Gasteiger partial charge is 0.416 e. The number of aryl methyl sites for hydroxylation is 1. The molecule has 1 saturated heterocycles. The molecule has 1 aliphatic heterocycles. The number of hydrogen-bond donors (Lipinski definition) is 2. The first-order chi connectivity index (χ1) is 13.0. The number of anilines is 3. The molecule has 0 saturated carbocycles. The number of ether oxygens (including phenoxy) is 1. The van der Waals surface area contributed by atoms with Crippen LogP contribution in [0.3, 0.4) is 0 Å². The lowest BCUT2D eigenvalue weighted by atomic mass is 10.3. The van der Waals surface area contributed by atoms with Gasteiger partial charge in [-0.2, -0.15) is 0 Å². The third kappa shape index (κ3) is 3.41. The van der Waals surface area contributed by atoms with E-state index in [9.17, 15) is 9.90 Å². The largest absolute Gasteiger partial charge is 0.508 e. The maximum absolute atomic E-state index is 11.9. The number of aromatic nitrogens is 3. The number of carbonyl (C=O) groups excluding carboxylic acids is 1. The summed E-state index contributed by atoms with van der Waals surface area (Å²) in [5.74, 6) is 0.562. The minimum absolute atomic E-state index is 0.0516. The summed E-state index contributed by atoms with van der Waals surface area (Å²) in [6.07, 6.45) is 1.27. The highest BCUT2D eigenvalue weighted by atomic mass is 32.1. The van der Waals surface area contributed by atoms with Crippen LogP contribution in [-0.2, 0) is 4.74 Å². The summed E-state index contributed by atoms with van der Waals surface area (Å²) < 4.78 is 5.08. The average molecular weight is 383 g/mol. The second kappa shape index (κ2) is 6.84. The Morgan fingerprint density at radius 3 is 2.93 bits per heavy atom. The maximum atomic E-state index is 11.9. The van der Waals surface area contributed by atoms with Crippen LogP contribution >= 0.6 is 11.3 Å². The SMILES string of the molecule is Cc1nc(N2C(=O)OCC2C)sc1-c1ccnc(Nc2cccc(O)c2)n1. The Morgan fingerprint density at radius 2 is 2.19 bits per heavy atom. The lowest BCUT2D eigenvalue weighted by molar-refractivity contribution is 0.179. The number of phenols is 1. The van der Waals surface area contributed by atoms with E-state index in [-0.39, 0.29) is 17.9 Å². The number of cyclic esters (lactones) is 1. The van der Waals surface area contributed by atoms with Crippen molar-refractivity contribution in [3.05, 3.63) is 42.2 Å². The van der Waals surface area contributed by atoms with Crippen molar-refractivity contribution in [3.8, 4) is 16.3 Å². The molecule has 138 valence electrons. The van der Waals surface area contributed by atoms with Crippen LogP contribution in [0.1, 0.15) is 12.6 Å². The molecular formula is C18H17N5O3S. The van der Waals surface area contributed by atoms with E-state index in [0.717, 1.165) is 10.6 Å². The fraction of sp³-hybridized carbons (Fsp3) is 0.222. The molecule has 3 aromatic rings. The number of carbonyl (C=O) groups is 1. The molecule has 1 aromatic carbocycles. The van der Waals surface area contributed by atoms with Crippen molar-refractivity contribution in [1.29, 1.82) is 0 Å². The van der Waals surface area contributed by atoms with Crippen molar-refractivity contribution in [2.24, 2.45) is 0 Å². The Balaban J connectivity index is 1.63. The van der Waals surface area contributed by atoms with Gasteiger partial charge in [0.15, 0.2) is 5.13 Å². The maximum Gasteiger partial charge on any atom is 0.416 e. The van der Waals surface area contributed by atoms with E-state index in [1.165, 1.54) is 11.3 Å². The van der Waals surface area contributed by atoms with Crippen LogP contribution in [-0.4, -0.2) is 38.8 Å². The van der Waals surface area contributed by atoms with E-state index < -0.39 is 0 Å². The van der Waals surface area contributed by atoms with Gasteiger partial charge in [-0.25, -0.2) is 24.6 Å². The summed E-state index contributed by atoms with van der Waals surface area (Å²) >= 11 is 1.39. The number of nitrogens with one attached hydrogen (secondary N) is 1. The monoisotopic (exact) mass is 383 g/mol. The molecule has 9 heteroatoms. The molecule has 1 atom stereocenters. The van der Waals surface area contributed by atoms with Gasteiger partial charge in [-0.3, -0.25) is 0 Å². The lowest BCUT2D eigenvalue weighted by Crippen LogP contribution is -2.30. The number of amides is 1. The van der Waals surface area contributed by atoms with Crippen molar-refractivity contribution >= 4 is 34.2 Å². The summed E-state index contributed by atoms with van der Waals surface area (Å²) in [5.41, 5.74) is 2.17. The van der Waals surface area contributed by atoms with E-state index in [1.54, 1.807) is 35.4 Å². The quantitative estimate of drug-likeness (QED) is 0.708. The number of rotatable bonds is 4. The molecule has 8 nitrogen and oxygen atoms in total. The number of aromatic hydroxyl groups is 1. The van der Waals surface area contributed by atoms with Crippen LogP contribution in [0.4, 0.5) is 21.6 Å². The van der Waals surface area contributed by atoms with E-state index in [0.29, 0.717) is 29.1 Å². The van der Waals surface area contributed by atoms with Crippen LogP contribution in [0.15, 0.2) is 36.5 Å². The van der Waals surface area contributed by atoms with Crippen LogP contribution in [0.5, 0.6) is 5.75 Å². The van der Waals surface area contributed by atoms with Gasteiger partial charge in [0.2, 0.25) is 5.95 Å². The van der Waals surface area contributed by atoms with Gasteiger partial charge in [0.25, 0.3) is 0 Å². The van der Waals surface area contributed by atoms with E-state index in [2.05, 4.69) is 20.3 Å². The molecular weight excluding hydrogens is 366 g/mol. The molecule has 0 radical (unpaired) electrons. The van der Waals surface area contributed by atoms with Crippen LogP contribution in [0, 0.1) is 6.92 Å². The molecule has 3 heterocycles. The normalized spacial score (nSPS) is 16.4. The summed E-state index contributed by atoms with van der Waals surface area (Å²) in [6, 6.07) is 8.47. The highest BCUT2D eigenvalue weighted by molar-refractivity contribution is 7.19. The van der Waals surface area contributed by atoms with E-state index in [4.69, 9.17) is 4.74 Å². The predicted molar refractivity (Wildman–Crippen MR) is 103 cm³/mol. The van der Waals surface area contributed by atoms with Crippen LogP contribution < -0.4 is 10.2 Å². The van der Waals surface area contributed by atoms with Crippen LogP contribution in [0.25, 0.3) is 10.6 Å². The van der Waals surface area contributed by atoms with Gasteiger partial charge in [-0.1, -0.05) is 17.4 Å². The molecule has 2 N–H and O–H groups in total. The van der Waals surface area contributed by atoms with Crippen molar-refractivity contribution in [2.45, 2.75) is 19.9 Å². The Labute approximate surface area is 159 Å². The number of hydrogen-bond acceptors (Lipinski definition) is 8. The van der Waals surface area contributed by atoms with Gasteiger partial charge in [0, 0.05) is 18.0 Å². The lowest BCUT2D eigenvalue weighted by Gasteiger charge is -2.13. The van der Waals surface area contributed by atoms with Gasteiger partial charge in [-0.15, -0.1) is 0 Å². The van der Waals surface area contributed by atoms with E-state index in [1.807, 2.05) is 19.9 Å². The Bertz CT molecular complexity index is 1010. The van der Waals surface area contributed by atoms with Crippen molar-refractivity contribution in [3.63, 3.8) is 0 Å². The first-order valence-electron chi connectivity index (χ1n) is 8.34. The third-order valence-corrected chi connectivity index (χ3v) is 5.25. The van der Waals surface area contributed by atoms with Gasteiger partial charge in [-0.05, 0) is 32.0 Å². The highest BCUT2D eigenvalue weighted by Gasteiger charge is 2.33. The summed E-state index contributed by atoms with van der Waals surface area (Å²) in [6.45, 7) is 4.16. The molecule has 0 spiro atoms. The van der Waals surface area contributed by atoms with Gasteiger partial charge in [0.1, 0.15) is 12.4 Å². The fourth-order valence-corrected chi connectivity index (χ4v) is 3.89. The second-order valence-electron chi connectivity index (χ2n) is 6.15. The molecule has 1 aliphatic rings. The molecule has 0 bridgehead atoms. The fourth-order valence-electron chi connectivity index (χ4n) is 2.76. The zero-order valence-corrected chi connectivity index (χ0v) is 15.5. The Hall–Kier alpha value is -3.20. The standard InChI is InChI=1S/C18H17N5O3S/c1-10-9-26-18(25)23(10)17-20-11(2)15(27-17)14-6-7-19-16(22-14)21-12-4-3-5-13(24)8-12/h3-8,10,24H,9H2,1-2H3,(H,19,21,22). The molecule has 1 fully saturated rings. The first kappa shape index (κ1) is 17.2. The third-order valence-electron chi connectivity index (χ3n) is 4.07. The number of nitrogens with zero attached hydrogens (tertiary/aromatic N) is 4. The summed E-state index contributed by atoms with van der Waals surface area (Å²) in [4.78, 5) is 27.7. The average Bonchev–Trinajstić information content (AvgIpc) is 3.17. The number of thiazole rings is 1. The minimum Gasteiger partial charge on any atom is -0.508 e. The van der Waals surface area contributed by atoms with E-state index >= 15 is 0 Å². The van der Waals surface area contributed by atoms with Gasteiger partial charge < -0.3 is 15.2 Å².